The maximum atomic E-state index is 12.9. The first-order valence-electron chi connectivity index (χ1n) is 9.22. The number of carbonyl (C=O) groups excluding carboxylic acids is 1. The Labute approximate surface area is 173 Å². The van der Waals surface area contributed by atoms with Gasteiger partial charge in [-0.15, -0.1) is 22.6 Å². The average Bonchev–Trinajstić information content (AvgIpc) is 3.35. The number of aromatic nitrogens is 3. The van der Waals surface area contributed by atoms with Crippen molar-refractivity contribution in [3.05, 3.63) is 34.4 Å². The van der Waals surface area contributed by atoms with Crippen LogP contribution in [0.2, 0.25) is 5.02 Å². The molecule has 1 aromatic carbocycles. The molecule has 0 radical (unpaired) electrons. The van der Waals surface area contributed by atoms with Crippen molar-refractivity contribution in [1.82, 2.24) is 25.0 Å². The number of nitrogens with one attached hydrogen (secondary N) is 1. The maximum absolute atomic E-state index is 12.9. The third kappa shape index (κ3) is 3.29. The third-order valence-electron chi connectivity index (χ3n) is 5.47. The average molecular weight is 426 g/mol. The van der Waals surface area contributed by atoms with E-state index in [1.165, 1.54) is 0 Å². The lowest BCUT2D eigenvalue weighted by Crippen LogP contribution is -2.39. The fourth-order valence-corrected chi connectivity index (χ4v) is 4.30. The summed E-state index contributed by atoms with van der Waals surface area (Å²) in [6, 6.07) is 3.37. The van der Waals surface area contributed by atoms with Gasteiger partial charge in [0.2, 0.25) is 6.79 Å². The molecule has 3 aliphatic rings. The summed E-state index contributed by atoms with van der Waals surface area (Å²) in [7, 11) is 0. The van der Waals surface area contributed by atoms with Crippen molar-refractivity contribution in [2.45, 2.75) is 31.8 Å². The summed E-state index contributed by atoms with van der Waals surface area (Å²) in [5, 5.41) is 12.5. The highest BCUT2D eigenvalue weighted by molar-refractivity contribution is 6.32. The summed E-state index contributed by atoms with van der Waals surface area (Å²) < 4.78 is 12.9. The fraction of sp³-hybridized carbons (Fsp3) is 0.500. The van der Waals surface area contributed by atoms with Crippen LogP contribution < -0.4 is 14.8 Å². The van der Waals surface area contributed by atoms with Crippen LogP contribution in [-0.2, 0) is 13.1 Å². The largest absolute Gasteiger partial charge is 0.454 e. The molecule has 0 saturated carbocycles. The van der Waals surface area contributed by atoms with Crippen molar-refractivity contribution in [3.63, 3.8) is 0 Å². The standard InChI is InChI=1S/C18H20ClN5O3.ClH/c19-13-7-12(8-14-16(13)27-10-26-14)18(25)23-4-1-11(2-5-23)17-22-21-15-9-20-3-6-24(15)17;/h7-8,11,20H,1-6,9-10H2;1H. The van der Waals surface area contributed by atoms with E-state index in [4.69, 9.17) is 21.1 Å². The summed E-state index contributed by atoms with van der Waals surface area (Å²) in [5.74, 6) is 3.42. The van der Waals surface area contributed by atoms with Gasteiger partial charge in [0.15, 0.2) is 11.5 Å². The highest BCUT2D eigenvalue weighted by atomic mass is 35.5. The van der Waals surface area contributed by atoms with E-state index < -0.39 is 0 Å². The topological polar surface area (TPSA) is 81.5 Å². The Bertz CT molecular complexity index is 896. The monoisotopic (exact) mass is 425 g/mol. The van der Waals surface area contributed by atoms with Gasteiger partial charge in [-0.2, -0.15) is 0 Å². The highest BCUT2D eigenvalue weighted by Gasteiger charge is 2.30. The van der Waals surface area contributed by atoms with Gasteiger partial charge in [-0.25, -0.2) is 0 Å². The Morgan fingerprint density at radius 1 is 1.18 bits per heavy atom. The van der Waals surface area contributed by atoms with Gasteiger partial charge in [0.25, 0.3) is 5.91 Å². The molecule has 28 heavy (non-hydrogen) atoms. The van der Waals surface area contributed by atoms with Crippen LogP contribution in [0.1, 0.15) is 40.8 Å². The predicted molar refractivity (Wildman–Crippen MR) is 104 cm³/mol. The Morgan fingerprint density at radius 3 is 2.82 bits per heavy atom. The minimum atomic E-state index is -0.0267. The van der Waals surface area contributed by atoms with Crippen LogP contribution in [0.15, 0.2) is 12.1 Å². The summed E-state index contributed by atoms with van der Waals surface area (Å²) in [5.41, 5.74) is 0.536. The maximum Gasteiger partial charge on any atom is 0.254 e. The van der Waals surface area contributed by atoms with Crippen LogP contribution in [-0.4, -0.2) is 52.0 Å². The zero-order valence-corrected chi connectivity index (χ0v) is 16.8. The number of amides is 1. The van der Waals surface area contributed by atoms with Crippen LogP contribution in [0.3, 0.4) is 0 Å². The van der Waals surface area contributed by atoms with Crippen molar-refractivity contribution in [2.24, 2.45) is 0 Å². The highest BCUT2D eigenvalue weighted by Crippen LogP contribution is 2.40. The number of piperidine rings is 1. The Hall–Kier alpha value is -2.03. The molecule has 1 fully saturated rings. The van der Waals surface area contributed by atoms with E-state index >= 15 is 0 Å². The number of rotatable bonds is 2. The minimum absolute atomic E-state index is 0. The van der Waals surface area contributed by atoms with Crippen LogP contribution >= 0.6 is 24.0 Å². The van der Waals surface area contributed by atoms with Crippen molar-refractivity contribution in [2.75, 3.05) is 26.4 Å². The molecule has 0 unspecified atom stereocenters. The number of hydrogen-bond donors (Lipinski definition) is 1. The number of halogens is 2. The molecule has 0 bridgehead atoms. The van der Waals surface area contributed by atoms with Gasteiger partial charge in [-0.05, 0) is 25.0 Å². The fourth-order valence-electron chi connectivity index (χ4n) is 4.03. The lowest BCUT2D eigenvalue weighted by Gasteiger charge is -2.32. The molecule has 1 amide bonds. The second kappa shape index (κ2) is 7.77. The van der Waals surface area contributed by atoms with E-state index in [9.17, 15) is 4.79 Å². The van der Waals surface area contributed by atoms with Crippen LogP contribution in [0.4, 0.5) is 0 Å². The van der Waals surface area contributed by atoms with Crippen molar-refractivity contribution < 1.29 is 14.3 Å². The van der Waals surface area contributed by atoms with E-state index in [0.717, 1.165) is 44.1 Å². The van der Waals surface area contributed by atoms with Crippen LogP contribution in [0.5, 0.6) is 11.5 Å². The summed E-state index contributed by atoms with van der Waals surface area (Å²) >= 11 is 6.22. The number of carbonyl (C=O) groups is 1. The SMILES string of the molecule is Cl.O=C(c1cc(Cl)c2c(c1)OCO2)N1CCC(c2nnc3n2CCNC3)CC1. The summed E-state index contributed by atoms with van der Waals surface area (Å²) in [6.07, 6.45) is 1.77. The van der Waals surface area contributed by atoms with Gasteiger partial charge in [0, 0.05) is 37.7 Å². The number of nitrogens with zero attached hydrogens (tertiary/aromatic N) is 4. The predicted octanol–water partition coefficient (Wildman–Crippen LogP) is 2.21. The molecule has 8 nitrogen and oxygen atoms in total. The number of hydrogen-bond acceptors (Lipinski definition) is 6. The van der Waals surface area contributed by atoms with Crippen molar-refractivity contribution in [1.29, 1.82) is 0 Å². The van der Waals surface area contributed by atoms with Gasteiger partial charge < -0.3 is 24.3 Å². The van der Waals surface area contributed by atoms with E-state index in [1.54, 1.807) is 12.1 Å². The van der Waals surface area contributed by atoms with Gasteiger partial charge in [-0.1, -0.05) is 11.6 Å². The number of fused-ring (bicyclic) bond motifs is 2. The Balaban J connectivity index is 0.00000192. The van der Waals surface area contributed by atoms with Crippen molar-refractivity contribution >= 4 is 29.9 Å². The first-order chi connectivity index (χ1) is 13.2. The molecule has 10 heteroatoms. The van der Waals surface area contributed by atoms with Gasteiger partial charge in [-0.3, -0.25) is 4.79 Å². The second-order valence-corrected chi connectivity index (χ2v) is 7.47. The number of benzene rings is 1. The normalized spacial score (nSPS) is 18.5. The minimum Gasteiger partial charge on any atom is -0.454 e. The summed E-state index contributed by atoms with van der Waals surface area (Å²) in [6.45, 7) is 4.14. The first kappa shape index (κ1) is 19.3. The third-order valence-corrected chi connectivity index (χ3v) is 5.75. The van der Waals surface area contributed by atoms with Gasteiger partial charge >= 0.3 is 0 Å². The molecule has 2 aromatic rings. The van der Waals surface area contributed by atoms with E-state index in [1.807, 2.05) is 4.90 Å². The van der Waals surface area contributed by atoms with E-state index in [0.29, 0.717) is 41.1 Å². The van der Waals surface area contributed by atoms with E-state index in [-0.39, 0.29) is 25.1 Å². The first-order valence-corrected chi connectivity index (χ1v) is 9.59. The smallest absolute Gasteiger partial charge is 0.254 e. The lowest BCUT2D eigenvalue weighted by atomic mass is 9.95. The molecular formula is C18H21Cl2N5O3. The molecule has 150 valence electrons. The summed E-state index contributed by atoms with van der Waals surface area (Å²) in [4.78, 5) is 14.8. The van der Waals surface area contributed by atoms with Crippen molar-refractivity contribution in [3.8, 4) is 11.5 Å². The number of likely N-dealkylation sites (tertiary alicyclic amines) is 1. The molecule has 1 N–H and O–H groups in total. The van der Waals surface area contributed by atoms with Gasteiger partial charge in [0.05, 0.1) is 11.6 Å². The second-order valence-electron chi connectivity index (χ2n) is 7.06. The molecule has 5 rings (SSSR count). The van der Waals surface area contributed by atoms with E-state index in [2.05, 4.69) is 20.1 Å². The van der Waals surface area contributed by atoms with Crippen LogP contribution in [0.25, 0.3) is 0 Å². The zero-order chi connectivity index (χ0) is 18.4. The zero-order valence-electron chi connectivity index (χ0n) is 15.2. The lowest BCUT2D eigenvalue weighted by molar-refractivity contribution is 0.0709. The molecule has 3 aliphatic heterocycles. The molecule has 0 spiro atoms. The van der Waals surface area contributed by atoms with Crippen LogP contribution in [0, 0.1) is 0 Å². The van der Waals surface area contributed by atoms with Gasteiger partial charge in [0.1, 0.15) is 11.6 Å². The Morgan fingerprint density at radius 2 is 2.00 bits per heavy atom. The molecule has 1 saturated heterocycles. The quantitative estimate of drug-likeness (QED) is 0.793. The molecule has 0 aliphatic carbocycles. The molecule has 1 aromatic heterocycles. The Kier molecular flexibility index (Phi) is 5.35. The molecule has 4 heterocycles. The number of ether oxygens (including phenoxy) is 2. The molecular weight excluding hydrogens is 405 g/mol. The molecule has 0 atom stereocenters.